The van der Waals surface area contributed by atoms with Crippen molar-refractivity contribution in [3.63, 3.8) is 0 Å². The van der Waals surface area contributed by atoms with Gasteiger partial charge in [0.2, 0.25) is 11.9 Å². The van der Waals surface area contributed by atoms with Crippen molar-refractivity contribution in [3.05, 3.63) is 24.3 Å². The Bertz CT molecular complexity index is 555. The van der Waals surface area contributed by atoms with Crippen molar-refractivity contribution in [1.29, 1.82) is 0 Å². The van der Waals surface area contributed by atoms with Gasteiger partial charge in [0.25, 0.3) is 0 Å². The van der Waals surface area contributed by atoms with Crippen molar-refractivity contribution in [2.45, 2.75) is 0 Å². The van der Waals surface area contributed by atoms with Gasteiger partial charge in [-0.3, -0.25) is 10.2 Å². The fraction of sp³-hybridized carbons (Fsp3) is 0.100. The van der Waals surface area contributed by atoms with Gasteiger partial charge in [0.05, 0.1) is 12.1 Å². The number of hydrazine groups is 1. The first-order valence-electron chi connectivity index (χ1n) is 4.96. The lowest BCUT2D eigenvalue weighted by molar-refractivity contribution is -0.116. The van der Waals surface area contributed by atoms with Gasteiger partial charge in [-0.2, -0.15) is 4.98 Å². The number of hydrogen-bond donors (Lipinski definition) is 4. The third kappa shape index (κ3) is 2.40. The second-order valence-electron chi connectivity index (χ2n) is 3.38. The number of nitrogen functional groups attached to an aromatic ring is 1. The van der Waals surface area contributed by atoms with Crippen molar-refractivity contribution in [2.24, 2.45) is 11.6 Å². The molecule has 0 bridgehead atoms. The number of benzene rings is 1. The monoisotopic (exact) mass is 232 g/mol. The van der Waals surface area contributed by atoms with Gasteiger partial charge < -0.3 is 11.1 Å². The summed E-state index contributed by atoms with van der Waals surface area (Å²) in [7, 11) is 0. The SMILES string of the molecule is NNc1nc(NCC(N)=O)c2ccccc2n1. The lowest BCUT2D eigenvalue weighted by atomic mass is 10.2. The number of hydrogen-bond acceptors (Lipinski definition) is 6. The van der Waals surface area contributed by atoms with Crippen LogP contribution >= 0.6 is 0 Å². The highest BCUT2D eigenvalue weighted by Gasteiger charge is 2.06. The van der Waals surface area contributed by atoms with Gasteiger partial charge in [-0.25, -0.2) is 10.8 Å². The van der Waals surface area contributed by atoms with E-state index in [9.17, 15) is 4.79 Å². The van der Waals surface area contributed by atoms with Crippen molar-refractivity contribution in [3.8, 4) is 0 Å². The highest BCUT2D eigenvalue weighted by atomic mass is 16.1. The number of fused-ring (bicyclic) bond motifs is 1. The third-order valence-corrected chi connectivity index (χ3v) is 2.16. The van der Waals surface area contributed by atoms with Crippen LogP contribution in [0.4, 0.5) is 11.8 Å². The van der Waals surface area contributed by atoms with Crippen LogP contribution in [0.5, 0.6) is 0 Å². The molecule has 1 aromatic heterocycles. The van der Waals surface area contributed by atoms with E-state index < -0.39 is 5.91 Å². The van der Waals surface area contributed by atoms with Crippen molar-refractivity contribution < 1.29 is 4.79 Å². The van der Waals surface area contributed by atoms with Crippen LogP contribution in [0, 0.1) is 0 Å². The molecule has 0 fully saturated rings. The van der Waals surface area contributed by atoms with Crippen LogP contribution in [0.2, 0.25) is 0 Å². The minimum absolute atomic E-state index is 0.00498. The topological polar surface area (TPSA) is 119 Å². The number of primary amides is 1. The third-order valence-electron chi connectivity index (χ3n) is 2.16. The molecule has 1 heterocycles. The minimum Gasteiger partial charge on any atom is -0.368 e. The first-order chi connectivity index (χ1) is 8.20. The number of anilines is 2. The second-order valence-corrected chi connectivity index (χ2v) is 3.38. The van der Waals surface area contributed by atoms with Crippen LogP contribution in [0.1, 0.15) is 0 Å². The van der Waals surface area contributed by atoms with E-state index in [0.29, 0.717) is 5.82 Å². The maximum Gasteiger partial charge on any atom is 0.239 e. The summed E-state index contributed by atoms with van der Waals surface area (Å²) in [6, 6.07) is 7.39. The lowest BCUT2D eigenvalue weighted by Gasteiger charge is -2.08. The van der Waals surface area contributed by atoms with Crippen molar-refractivity contribution in [2.75, 3.05) is 17.3 Å². The lowest BCUT2D eigenvalue weighted by Crippen LogP contribution is -2.22. The minimum atomic E-state index is -0.463. The number of aromatic nitrogens is 2. The molecule has 17 heavy (non-hydrogen) atoms. The van der Waals surface area contributed by atoms with Crippen LogP contribution < -0.4 is 22.3 Å². The maximum absolute atomic E-state index is 10.7. The summed E-state index contributed by atoms with van der Waals surface area (Å²) in [6.45, 7) is 0.00498. The predicted molar refractivity (Wildman–Crippen MR) is 65.0 cm³/mol. The van der Waals surface area contributed by atoms with E-state index in [0.717, 1.165) is 10.9 Å². The smallest absolute Gasteiger partial charge is 0.239 e. The zero-order valence-corrected chi connectivity index (χ0v) is 8.97. The molecule has 2 aromatic rings. The molecular weight excluding hydrogens is 220 g/mol. The number of carbonyl (C=O) groups excluding carboxylic acids is 1. The normalized spacial score (nSPS) is 10.2. The number of carbonyl (C=O) groups is 1. The molecule has 0 radical (unpaired) electrons. The summed E-state index contributed by atoms with van der Waals surface area (Å²) in [5, 5.41) is 3.64. The van der Waals surface area contributed by atoms with Crippen LogP contribution in [-0.4, -0.2) is 22.4 Å². The maximum atomic E-state index is 10.7. The Morgan fingerprint density at radius 3 is 2.76 bits per heavy atom. The Morgan fingerprint density at radius 1 is 1.29 bits per heavy atom. The largest absolute Gasteiger partial charge is 0.368 e. The van der Waals surface area contributed by atoms with Gasteiger partial charge >= 0.3 is 0 Å². The second kappa shape index (κ2) is 4.62. The van der Waals surface area contributed by atoms with Crippen LogP contribution in [-0.2, 0) is 4.79 Å². The Kier molecular flexibility index (Phi) is 3.01. The predicted octanol–water partition coefficient (Wildman–Crippen LogP) is -0.187. The molecule has 0 aliphatic carbocycles. The Labute approximate surface area is 97.2 Å². The van der Waals surface area contributed by atoms with E-state index in [-0.39, 0.29) is 12.5 Å². The zero-order chi connectivity index (χ0) is 12.3. The molecule has 0 atom stereocenters. The Morgan fingerprint density at radius 2 is 2.06 bits per heavy atom. The van der Waals surface area contributed by atoms with Crippen molar-refractivity contribution in [1.82, 2.24) is 9.97 Å². The van der Waals surface area contributed by atoms with Crippen molar-refractivity contribution >= 4 is 28.6 Å². The standard InChI is InChI=1S/C10H12N6O/c11-8(17)5-13-9-6-3-1-2-4-7(6)14-10(15-9)16-12/h1-4H,5,12H2,(H2,11,17)(H2,13,14,15,16). The molecule has 0 aliphatic heterocycles. The number of nitrogens with zero attached hydrogens (tertiary/aromatic N) is 2. The van der Waals surface area contributed by atoms with Crippen LogP contribution in [0.3, 0.4) is 0 Å². The molecule has 0 spiro atoms. The van der Waals surface area contributed by atoms with E-state index in [4.69, 9.17) is 11.6 Å². The number of rotatable bonds is 4. The summed E-state index contributed by atoms with van der Waals surface area (Å²) in [5.74, 6) is 5.60. The van der Waals surface area contributed by atoms with E-state index in [1.54, 1.807) is 0 Å². The molecule has 6 N–H and O–H groups in total. The molecule has 0 unspecified atom stereocenters. The first kappa shape index (κ1) is 11.1. The molecule has 2 rings (SSSR count). The zero-order valence-electron chi connectivity index (χ0n) is 8.97. The fourth-order valence-electron chi connectivity index (χ4n) is 1.45. The number of para-hydroxylation sites is 1. The number of amides is 1. The van der Waals surface area contributed by atoms with Gasteiger partial charge in [-0.05, 0) is 12.1 Å². The molecule has 0 aliphatic rings. The quantitative estimate of drug-likeness (QED) is 0.428. The van der Waals surface area contributed by atoms with Gasteiger partial charge in [-0.1, -0.05) is 12.1 Å². The van der Waals surface area contributed by atoms with E-state index in [2.05, 4.69) is 20.7 Å². The average Bonchev–Trinajstić information content (AvgIpc) is 2.35. The van der Waals surface area contributed by atoms with E-state index in [1.807, 2.05) is 24.3 Å². The molecule has 0 saturated heterocycles. The summed E-state index contributed by atoms with van der Waals surface area (Å²) >= 11 is 0. The Balaban J connectivity index is 2.46. The fourth-order valence-corrected chi connectivity index (χ4v) is 1.45. The molecule has 1 aromatic carbocycles. The van der Waals surface area contributed by atoms with Gasteiger partial charge in [0.1, 0.15) is 5.82 Å². The van der Waals surface area contributed by atoms with Gasteiger partial charge in [-0.15, -0.1) is 0 Å². The van der Waals surface area contributed by atoms with Gasteiger partial charge in [0, 0.05) is 5.39 Å². The molecule has 0 saturated carbocycles. The highest BCUT2D eigenvalue weighted by Crippen LogP contribution is 2.20. The average molecular weight is 232 g/mol. The molecular formula is C10H12N6O. The van der Waals surface area contributed by atoms with Crippen LogP contribution in [0.15, 0.2) is 24.3 Å². The molecule has 7 heteroatoms. The molecule has 7 nitrogen and oxygen atoms in total. The van der Waals surface area contributed by atoms with Gasteiger partial charge in [0.15, 0.2) is 0 Å². The summed E-state index contributed by atoms with van der Waals surface area (Å²) in [6.07, 6.45) is 0. The number of nitrogens with two attached hydrogens (primary N) is 2. The Hall–Kier alpha value is -2.41. The van der Waals surface area contributed by atoms with E-state index in [1.165, 1.54) is 0 Å². The number of nitrogens with one attached hydrogen (secondary N) is 2. The summed E-state index contributed by atoms with van der Waals surface area (Å²) < 4.78 is 0. The molecule has 88 valence electrons. The first-order valence-corrected chi connectivity index (χ1v) is 4.96. The highest BCUT2D eigenvalue weighted by molar-refractivity contribution is 5.91. The molecule has 1 amide bonds. The summed E-state index contributed by atoms with van der Waals surface area (Å²) in [4.78, 5) is 19.0. The van der Waals surface area contributed by atoms with Crippen LogP contribution in [0.25, 0.3) is 10.9 Å². The van der Waals surface area contributed by atoms with E-state index >= 15 is 0 Å². The summed E-state index contributed by atoms with van der Waals surface area (Å²) in [5.41, 5.74) is 8.16.